The van der Waals surface area contributed by atoms with Gasteiger partial charge < -0.3 is 5.32 Å². The van der Waals surface area contributed by atoms with E-state index in [1.54, 1.807) is 0 Å². The Morgan fingerprint density at radius 3 is 3.00 bits per heavy atom. The molecule has 0 aliphatic heterocycles. The van der Waals surface area contributed by atoms with Crippen molar-refractivity contribution in [3.8, 4) is 0 Å². The Morgan fingerprint density at radius 2 is 2.22 bits per heavy atom. The van der Waals surface area contributed by atoms with Gasteiger partial charge in [0.2, 0.25) is 0 Å². The van der Waals surface area contributed by atoms with Gasteiger partial charge in [-0.3, -0.25) is 9.67 Å². The van der Waals surface area contributed by atoms with Gasteiger partial charge in [0.05, 0.1) is 5.69 Å². The van der Waals surface area contributed by atoms with Gasteiger partial charge in [0, 0.05) is 43.6 Å². The molecule has 0 unspecified atom stereocenters. The third kappa shape index (κ3) is 3.13. The lowest BCUT2D eigenvalue weighted by atomic mass is 10.3. The quantitative estimate of drug-likeness (QED) is 0.827. The van der Waals surface area contributed by atoms with E-state index in [-0.39, 0.29) is 0 Å². The van der Waals surface area contributed by atoms with Crippen molar-refractivity contribution in [2.24, 2.45) is 0 Å². The first-order valence-electron chi connectivity index (χ1n) is 6.42. The minimum absolute atomic E-state index is 0.712. The molecule has 0 aromatic carbocycles. The van der Waals surface area contributed by atoms with E-state index in [9.17, 15) is 0 Å². The average Bonchev–Trinajstić information content (AvgIpc) is 3.14. The summed E-state index contributed by atoms with van der Waals surface area (Å²) in [5.74, 6) is 0. The molecule has 1 aliphatic carbocycles. The van der Waals surface area contributed by atoms with E-state index in [0.717, 1.165) is 30.9 Å². The molecule has 5 heteroatoms. The zero-order valence-corrected chi connectivity index (χ0v) is 10.3. The second kappa shape index (κ2) is 5.27. The molecule has 0 bridgehead atoms. The molecular weight excluding hydrogens is 226 g/mol. The molecule has 1 N–H and O–H groups in total. The molecule has 18 heavy (non-hydrogen) atoms. The minimum Gasteiger partial charge on any atom is -0.308 e. The summed E-state index contributed by atoms with van der Waals surface area (Å²) in [4.78, 5) is 4.29. The van der Waals surface area contributed by atoms with E-state index in [1.807, 2.05) is 35.3 Å². The molecule has 0 spiro atoms. The average molecular weight is 243 g/mol. The van der Waals surface area contributed by atoms with E-state index in [1.165, 1.54) is 12.8 Å². The zero-order valence-electron chi connectivity index (χ0n) is 10.3. The number of hydrogen-bond donors (Lipinski definition) is 1. The van der Waals surface area contributed by atoms with E-state index >= 15 is 0 Å². The van der Waals surface area contributed by atoms with Crippen molar-refractivity contribution < 1.29 is 0 Å². The van der Waals surface area contributed by atoms with E-state index in [0.29, 0.717) is 6.04 Å². The molecule has 3 rings (SSSR count). The summed E-state index contributed by atoms with van der Waals surface area (Å²) in [6.45, 7) is 1.65. The maximum atomic E-state index is 4.29. The monoisotopic (exact) mass is 243 g/mol. The smallest absolute Gasteiger partial charge is 0.0964 e. The number of aryl methyl sites for hydroxylation is 2. The molecule has 0 saturated heterocycles. The first-order chi connectivity index (χ1) is 8.90. The SMILES string of the molecule is c1ccc(CCn2cc(CNC3CC3)nn2)nc1. The summed E-state index contributed by atoms with van der Waals surface area (Å²) in [6.07, 6.45) is 7.32. The standard InChI is InChI=1S/C13H17N5/c1-2-7-14-11(3-1)6-8-18-10-13(16-17-18)9-15-12-4-5-12/h1-3,7,10,12,15H,4-6,8-9H2. The molecular formula is C13H17N5. The molecule has 2 aromatic heterocycles. The Bertz CT molecular complexity index is 489. The third-order valence-electron chi connectivity index (χ3n) is 3.06. The summed E-state index contributed by atoms with van der Waals surface area (Å²) >= 11 is 0. The lowest BCUT2D eigenvalue weighted by molar-refractivity contribution is 0.583. The van der Waals surface area contributed by atoms with Gasteiger partial charge in [-0.15, -0.1) is 5.10 Å². The first kappa shape index (κ1) is 11.3. The number of pyridine rings is 1. The third-order valence-corrected chi connectivity index (χ3v) is 3.06. The largest absolute Gasteiger partial charge is 0.308 e. The van der Waals surface area contributed by atoms with Crippen LogP contribution in [0.15, 0.2) is 30.6 Å². The van der Waals surface area contributed by atoms with Gasteiger partial charge in [0.15, 0.2) is 0 Å². The Labute approximate surface area is 106 Å². The van der Waals surface area contributed by atoms with Crippen molar-refractivity contribution in [1.29, 1.82) is 0 Å². The fourth-order valence-corrected chi connectivity index (χ4v) is 1.84. The van der Waals surface area contributed by atoms with Crippen molar-refractivity contribution in [2.45, 2.75) is 38.4 Å². The van der Waals surface area contributed by atoms with Gasteiger partial charge in [-0.25, -0.2) is 0 Å². The van der Waals surface area contributed by atoms with Crippen molar-refractivity contribution in [2.75, 3.05) is 0 Å². The molecule has 0 radical (unpaired) electrons. The van der Waals surface area contributed by atoms with Crippen LogP contribution in [0.25, 0.3) is 0 Å². The molecule has 2 aromatic rings. The molecule has 0 amide bonds. The number of nitrogens with one attached hydrogen (secondary N) is 1. The number of aromatic nitrogens is 4. The van der Waals surface area contributed by atoms with Crippen molar-refractivity contribution in [3.63, 3.8) is 0 Å². The first-order valence-corrected chi connectivity index (χ1v) is 6.42. The van der Waals surface area contributed by atoms with Gasteiger partial charge in [0.1, 0.15) is 0 Å². The van der Waals surface area contributed by atoms with Gasteiger partial charge >= 0.3 is 0 Å². The molecule has 1 saturated carbocycles. The fraction of sp³-hybridized carbons (Fsp3) is 0.462. The van der Waals surface area contributed by atoms with Crippen molar-refractivity contribution in [3.05, 3.63) is 42.0 Å². The molecule has 2 heterocycles. The van der Waals surface area contributed by atoms with E-state index in [2.05, 4.69) is 20.6 Å². The van der Waals surface area contributed by atoms with Crippen LogP contribution in [-0.4, -0.2) is 26.0 Å². The van der Waals surface area contributed by atoms with Crippen LogP contribution in [0.3, 0.4) is 0 Å². The van der Waals surface area contributed by atoms with Crippen LogP contribution in [0.4, 0.5) is 0 Å². The molecule has 0 atom stereocenters. The maximum Gasteiger partial charge on any atom is 0.0964 e. The maximum absolute atomic E-state index is 4.29. The Balaban J connectivity index is 1.50. The van der Waals surface area contributed by atoms with Crippen LogP contribution in [0.1, 0.15) is 24.2 Å². The Kier molecular flexibility index (Phi) is 3.32. The lowest BCUT2D eigenvalue weighted by Crippen LogP contribution is -2.15. The Hall–Kier alpha value is -1.75. The fourth-order valence-electron chi connectivity index (χ4n) is 1.84. The molecule has 5 nitrogen and oxygen atoms in total. The van der Waals surface area contributed by atoms with Crippen LogP contribution in [0, 0.1) is 0 Å². The highest BCUT2D eigenvalue weighted by Gasteiger charge is 2.20. The predicted molar refractivity (Wildman–Crippen MR) is 67.8 cm³/mol. The van der Waals surface area contributed by atoms with E-state index < -0.39 is 0 Å². The van der Waals surface area contributed by atoms with Crippen LogP contribution < -0.4 is 5.32 Å². The van der Waals surface area contributed by atoms with Crippen LogP contribution >= 0.6 is 0 Å². The second-order valence-corrected chi connectivity index (χ2v) is 4.70. The number of rotatable bonds is 6. The summed E-state index contributed by atoms with van der Waals surface area (Å²) in [5, 5.41) is 11.7. The minimum atomic E-state index is 0.712. The van der Waals surface area contributed by atoms with E-state index in [4.69, 9.17) is 0 Å². The summed E-state index contributed by atoms with van der Waals surface area (Å²) < 4.78 is 1.89. The summed E-state index contributed by atoms with van der Waals surface area (Å²) in [6, 6.07) is 6.69. The van der Waals surface area contributed by atoms with Crippen LogP contribution in [-0.2, 0) is 19.5 Å². The van der Waals surface area contributed by atoms with Crippen molar-refractivity contribution >= 4 is 0 Å². The van der Waals surface area contributed by atoms with Crippen LogP contribution in [0.5, 0.6) is 0 Å². The highest BCUT2D eigenvalue weighted by Crippen LogP contribution is 2.18. The number of hydrogen-bond acceptors (Lipinski definition) is 4. The predicted octanol–water partition coefficient (Wildman–Crippen LogP) is 1.17. The highest BCUT2D eigenvalue weighted by atomic mass is 15.4. The van der Waals surface area contributed by atoms with Gasteiger partial charge in [-0.2, -0.15) is 0 Å². The van der Waals surface area contributed by atoms with Gasteiger partial charge in [-0.1, -0.05) is 11.3 Å². The summed E-state index contributed by atoms with van der Waals surface area (Å²) in [7, 11) is 0. The van der Waals surface area contributed by atoms with Crippen LogP contribution in [0.2, 0.25) is 0 Å². The lowest BCUT2D eigenvalue weighted by Gasteiger charge is -1.99. The second-order valence-electron chi connectivity index (χ2n) is 4.70. The summed E-state index contributed by atoms with van der Waals surface area (Å²) in [5.41, 5.74) is 2.11. The van der Waals surface area contributed by atoms with Gasteiger partial charge in [-0.05, 0) is 25.0 Å². The highest BCUT2D eigenvalue weighted by molar-refractivity contribution is 5.03. The topological polar surface area (TPSA) is 55.6 Å². The van der Waals surface area contributed by atoms with Crippen molar-refractivity contribution in [1.82, 2.24) is 25.3 Å². The Morgan fingerprint density at radius 1 is 1.28 bits per heavy atom. The normalized spacial score (nSPS) is 14.9. The molecule has 1 aliphatic rings. The number of nitrogens with zero attached hydrogens (tertiary/aromatic N) is 4. The molecule has 1 fully saturated rings. The molecule has 94 valence electrons. The zero-order chi connectivity index (χ0) is 12.2. The van der Waals surface area contributed by atoms with Gasteiger partial charge in [0.25, 0.3) is 0 Å².